The standard InChI is InChI=1S/C22H20ClF2N5O3/c1-10(2)28-21(32)18-20(26)27-9-17(30-18)15-4-3-14(8-16(15)23)29-22(33)19(31)11-5-12(24)7-13(25)6-11/h3-10,19,31H,1-2H3,(H2,26,27)(H,28,32)(H,29,33). The van der Waals surface area contributed by atoms with Crippen molar-refractivity contribution in [3.63, 3.8) is 0 Å². The Morgan fingerprint density at radius 3 is 2.39 bits per heavy atom. The number of aliphatic hydroxyl groups excluding tert-OH is 1. The third-order valence-corrected chi connectivity index (χ3v) is 4.71. The summed E-state index contributed by atoms with van der Waals surface area (Å²) in [5.41, 5.74) is 6.37. The minimum absolute atomic E-state index is 0.0420. The van der Waals surface area contributed by atoms with E-state index in [9.17, 15) is 23.5 Å². The first kappa shape index (κ1) is 24.0. The second-order valence-corrected chi connectivity index (χ2v) is 7.81. The Balaban J connectivity index is 1.81. The minimum Gasteiger partial charge on any atom is -0.382 e. The fraction of sp³-hybridized carbons (Fsp3) is 0.182. The molecule has 8 nitrogen and oxygen atoms in total. The van der Waals surface area contributed by atoms with Crippen molar-refractivity contribution < 1.29 is 23.5 Å². The Morgan fingerprint density at radius 1 is 1.12 bits per heavy atom. The highest BCUT2D eigenvalue weighted by molar-refractivity contribution is 6.33. The summed E-state index contributed by atoms with van der Waals surface area (Å²) in [5.74, 6) is -3.28. The van der Waals surface area contributed by atoms with Crippen LogP contribution in [0.15, 0.2) is 42.6 Å². The molecular formula is C22H20ClF2N5O3. The van der Waals surface area contributed by atoms with Crippen molar-refractivity contribution in [1.82, 2.24) is 15.3 Å². The monoisotopic (exact) mass is 475 g/mol. The highest BCUT2D eigenvalue weighted by Crippen LogP contribution is 2.30. The molecule has 1 heterocycles. The number of nitrogens with two attached hydrogens (primary N) is 1. The van der Waals surface area contributed by atoms with Crippen LogP contribution in [-0.2, 0) is 4.79 Å². The Labute approximate surface area is 192 Å². The Bertz CT molecular complexity index is 1200. The maximum absolute atomic E-state index is 13.4. The number of carbonyl (C=O) groups excluding carboxylic acids is 2. The number of nitrogen functional groups attached to an aromatic ring is 1. The number of aliphatic hydroxyl groups is 1. The van der Waals surface area contributed by atoms with Crippen molar-refractivity contribution >= 4 is 34.9 Å². The van der Waals surface area contributed by atoms with E-state index in [0.29, 0.717) is 11.6 Å². The first-order valence-electron chi connectivity index (χ1n) is 9.73. The van der Waals surface area contributed by atoms with Gasteiger partial charge < -0.3 is 21.5 Å². The SMILES string of the molecule is CC(C)NC(=O)c1nc(-c2ccc(NC(=O)C(O)c3cc(F)cc(F)c3)cc2Cl)cnc1N. The van der Waals surface area contributed by atoms with E-state index >= 15 is 0 Å². The number of halogens is 3. The van der Waals surface area contributed by atoms with Gasteiger partial charge >= 0.3 is 0 Å². The van der Waals surface area contributed by atoms with E-state index in [1.165, 1.54) is 24.4 Å². The molecule has 2 amide bonds. The van der Waals surface area contributed by atoms with E-state index in [-0.39, 0.29) is 39.5 Å². The van der Waals surface area contributed by atoms with Crippen molar-refractivity contribution in [1.29, 1.82) is 0 Å². The lowest BCUT2D eigenvalue weighted by atomic mass is 10.1. The quantitative estimate of drug-likeness (QED) is 0.432. The predicted molar refractivity (Wildman–Crippen MR) is 119 cm³/mol. The predicted octanol–water partition coefficient (Wildman–Crippen LogP) is 3.47. The van der Waals surface area contributed by atoms with Crippen LogP contribution in [0.2, 0.25) is 5.02 Å². The number of hydrogen-bond donors (Lipinski definition) is 4. The molecule has 1 aromatic heterocycles. The van der Waals surface area contributed by atoms with E-state index in [4.69, 9.17) is 17.3 Å². The van der Waals surface area contributed by atoms with Crippen LogP contribution in [0.4, 0.5) is 20.3 Å². The van der Waals surface area contributed by atoms with Gasteiger partial charge in [-0.25, -0.2) is 18.7 Å². The number of carbonyl (C=O) groups is 2. The van der Waals surface area contributed by atoms with Gasteiger partial charge in [0.2, 0.25) is 0 Å². The molecule has 33 heavy (non-hydrogen) atoms. The van der Waals surface area contributed by atoms with Gasteiger partial charge in [0.15, 0.2) is 17.6 Å². The summed E-state index contributed by atoms with van der Waals surface area (Å²) in [6.45, 7) is 3.58. The van der Waals surface area contributed by atoms with Gasteiger partial charge in [0.05, 0.1) is 16.9 Å². The number of anilines is 2. The summed E-state index contributed by atoms with van der Waals surface area (Å²) in [6, 6.07) is 6.60. The molecule has 0 aliphatic carbocycles. The van der Waals surface area contributed by atoms with Gasteiger partial charge in [0.25, 0.3) is 11.8 Å². The van der Waals surface area contributed by atoms with Crippen LogP contribution < -0.4 is 16.4 Å². The highest BCUT2D eigenvalue weighted by atomic mass is 35.5. The third-order valence-electron chi connectivity index (χ3n) is 4.40. The summed E-state index contributed by atoms with van der Waals surface area (Å²) in [6.07, 6.45) is -0.456. The Kier molecular flexibility index (Phi) is 7.19. The second kappa shape index (κ2) is 9.88. The van der Waals surface area contributed by atoms with Crippen LogP contribution in [-0.4, -0.2) is 32.9 Å². The molecule has 1 unspecified atom stereocenters. The summed E-state index contributed by atoms with van der Waals surface area (Å²) >= 11 is 6.33. The number of benzene rings is 2. The lowest BCUT2D eigenvalue weighted by molar-refractivity contribution is -0.124. The molecule has 0 radical (unpaired) electrons. The van der Waals surface area contributed by atoms with Crippen LogP contribution in [0.3, 0.4) is 0 Å². The lowest BCUT2D eigenvalue weighted by Gasteiger charge is -2.14. The molecule has 0 saturated carbocycles. The van der Waals surface area contributed by atoms with Gasteiger partial charge in [-0.3, -0.25) is 9.59 Å². The van der Waals surface area contributed by atoms with E-state index in [1.807, 2.05) is 0 Å². The molecule has 1 atom stereocenters. The number of hydrogen-bond acceptors (Lipinski definition) is 6. The van der Waals surface area contributed by atoms with Gasteiger partial charge in [-0.05, 0) is 49.7 Å². The van der Waals surface area contributed by atoms with E-state index in [1.54, 1.807) is 13.8 Å². The average Bonchev–Trinajstić information content (AvgIpc) is 2.72. The molecule has 0 fully saturated rings. The molecule has 2 aromatic carbocycles. The van der Waals surface area contributed by atoms with Gasteiger partial charge in [-0.1, -0.05) is 11.6 Å². The number of rotatable bonds is 6. The molecule has 0 bridgehead atoms. The first-order chi connectivity index (χ1) is 15.5. The Morgan fingerprint density at radius 2 is 1.79 bits per heavy atom. The number of nitrogens with zero attached hydrogens (tertiary/aromatic N) is 2. The second-order valence-electron chi connectivity index (χ2n) is 7.41. The molecule has 5 N–H and O–H groups in total. The molecule has 0 saturated heterocycles. The molecule has 3 rings (SSSR count). The molecule has 3 aromatic rings. The van der Waals surface area contributed by atoms with E-state index in [0.717, 1.165) is 12.1 Å². The lowest BCUT2D eigenvalue weighted by Crippen LogP contribution is -2.31. The van der Waals surface area contributed by atoms with Gasteiger partial charge in [0, 0.05) is 23.4 Å². The van der Waals surface area contributed by atoms with Crippen molar-refractivity contribution in [3.8, 4) is 11.3 Å². The van der Waals surface area contributed by atoms with Crippen LogP contribution in [0.5, 0.6) is 0 Å². The minimum atomic E-state index is -1.81. The molecular weight excluding hydrogens is 456 g/mol. The van der Waals surface area contributed by atoms with Crippen LogP contribution >= 0.6 is 11.6 Å². The van der Waals surface area contributed by atoms with Crippen LogP contribution in [0.1, 0.15) is 36.0 Å². The number of nitrogens with one attached hydrogen (secondary N) is 2. The summed E-state index contributed by atoms with van der Waals surface area (Å²) in [7, 11) is 0. The maximum Gasteiger partial charge on any atom is 0.273 e. The fourth-order valence-electron chi connectivity index (χ4n) is 2.92. The number of amides is 2. The molecule has 0 aliphatic rings. The first-order valence-corrected chi connectivity index (χ1v) is 10.1. The molecule has 0 spiro atoms. The zero-order chi connectivity index (χ0) is 24.3. The normalized spacial score (nSPS) is 11.8. The number of aromatic nitrogens is 2. The van der Waals surface area contributed by atoms with Gasteiger partial charge in [-0.2, -0.15) is 0 Å². The fourth-order valence-corrected chi connectivity index (χ4v) is 3.20. The largest absolute Gasteiger partial charge is 0.382 e. The Hall–Kier alpha value is -3.63. The van der Waals surface area contributed by atoms with Crippen molar-refractivity contribution in [3.05, 3.63) is 70.5 Å². The summed E-state index contributed by atoms with van der Waals surface area (Å²) < 4.78 is 26.7. The molecule has 11 heteroatoms. The van der Waals surface area contributed by atoms with E-state index < -0.39 is 29.6 Å². The summed E-state index contributed by atoms with van der Waals surface area (Å²) in [4.78, 5) is 32.9. The van der Waals surface area contributed by atoms with Crippen molar-refractivity contribution in [2.45, 2.75) is 26.0 Å². The zero-order valence-electron chi connectivity index (χ0n) is 17.6. The van der Waals surface area contributed by atoms with Crippen LogP contribution in [0.25, 0.3) is 11.3 Å². The van der Waals surface area contributed by atoms with Gasteiger partial charge in [-0.15, -0.1) is 0 Å². The van der Waals surface area contributed by atoms with Crippen molar-refractivity contribution in [2.75, 3.05) is 11.1 Å². The zero-order valence-corrected chi connectivity index (χ0v) is 18.3. The van der Waals surface area contributed by atoms with E-state index in [2.05, 4.69) is 20.6 Å². The van der Waals surface area contributed by atoms with Crippen LogP contribution in [0, 0.1) is 11.6 Å². The smallest absolute Gasteiger partial charge is 0.273 e. The average molecular weight is 476 g/mol. The highest BCUT2D eigenvalue weighted by Gasteiger charge is 2.20. The summed E-state index contributed by atoms with van der Waals surface area (Å²) in [5, 5.41) is 15.4. The third kappa shape index (κ3) is 5.79. The molecule has 172 valence electrons. The maximum atomic E-state index is 13.4. The topological polar surface area (TPSA) is 130 Å². The van der Waals surface area contributed by atoms with Crippen molar-refractivity contribution in [2.24, 2.45) is 0 Å². The van der Waals surface area contributed by atoms with Gasteiger partial charge in [0.1, 0.15) is 11.6 Å². The molecule has 0 aliphatic heterocycles.